The Kier molecular flexibility index (Phi) is 4.28. The molecule has 1 aliphatic rings. The van der Waals surface area contributed by atoms with Crippen LogP contribution >= 0.6 is 11.6 Å². The number of piperazine rings is 1. The molecule has 1 heterocycles. The highest BCUT2D eigenvalue weighted by atomic mass is 35.5. The lowest BCUT2D eigenvalue weighted by Gasteiger charge is -2.37. The van der Waals surface area contributed by atoms with Crippen molar-refractivity contribution < 1.29 is 14.0 Å². The summed E-state index contributed by atoms with van der Waals surface area (Å²) >= 11 is 6.00. The first kappa shape index (κ1) is 14.8. The van der Waals surface area contributed by atoms with Gasteiger partial charge in [-0.1, -0.05) is 31.0 Å². The van der Waals surface area contributed by atoms with Crippen LogP contribution in [0.25, 0.3) is 0 Å². The van der Waals surface area contributed by atoms with E-state index in [9.17, 15) is 14.0 Å². The molecule has 108 valence electrons. The molecular weight excluding hydrogens is 283 g/mol. The van der Waals surface area contributed by atoms with E-state index in [0.717, 1.165) is 11.3 Å². The molecule has 2 rings (SSSR count). The molecule has 4 nitrogen and oxygen atoms in total. The van der Waals surface area contributed by atoms with Gasteiger partial charge in [-0.15, -0.1) is 0 Å². The quantitative estimate of drug-likeness (QED) is 0.932. The topological polar surface area (TPSA) is 49.4 Å². The van der Waals surface area contributed by atoms with Gasteiger partial charge in [0.1, 0.15) is 17.9 Å². The SMILES string of the molecule is CCCC1NC(=O)C(C)N(c2c(F)cccc2Cl)C1=O. The third kappa shape index (κ3) is 2.50. The molecule has 1 N–H and O–H groups in total. The molecule has 0 radical (unpaired) electrons. The predicted molar refractivity (Wildman–Crippen MR) is 75.2 cm³/mol. The largest absolute Gasteiger partial charge is 0.342 e. The summed E-state index contributed by atoms with van der Waals surface area (Å²) in [6.07, 6.45) is 1.25. The average Bonchev–Trinajstić information content (AvgIpc) is 2.39. The Labute approximate surface area is 121 Å². The number of anilines is 1. The lowest BCUT2D eigenvalue weighted by Crippen LogP contribution is -2.62. The summed E-state index contributed by atoms with van der Waals surface area (Å²) in [7, 11) is 0. The number of rotatable bonds is 3. The summed E-state index contributed by atoms with van der Waals surface area (Å²) in [5, 5.41) is 2.78. The van der Waals surface area contributed by atoms with Gasteiger partial charge < -0.3 is 5.32 Å². The molecule has 1 aliphatic heterocycles. The van der Waals surface area contributed by atoms with Crippen LogP contribution in [-0.4, -0.2) is 23.9 Å². The van der Waals surface area contributed by atoms with E-state index >= 15 is 0 Å². The third-order valence-electron chi connectivity index (χ3n) is 3.37. The van der Waals surface area contributed by atoms with Crippen LogP contribution in [0.2, 0.25) is 5.02 Å². The monoisotopic (exact) mass is 298 g/mol. The number of para-hydroxylation sites is 1. The smallest absolute Gasteiger partial charge is 0.250 e. The van der Waals surface area contributed by atoms with Crippen molar-refractivity contribution in [2.75, 3.05) is 4.90 Å². The molecule has 0 spiro atoms. The van der Waals surface area contributed by atoms with Crippen LogP contribution in [0, 0.1) is 5.82 Å². The highest BCUT2D eigenvalue weighted by molar-refractivity contribution is 6.34. The average molecular weight is 299 g/mol. The highest BCUT2D eigenvalue weighted by Crippen LogP contribution is 2.32. The lowest BCUT2D eigenvalue weighted by atomic mass is 10.0. The number of carbonyl (C=O) groups is 2. The van der Waals surface area contributed by atoms with Gasteiger partial charge in [0.15, 0.2) is 0 Å². The first-order chi connectivity index (χ1) is 9.47. The van der Waals surface area contributed by atoms with E-state index < -0.39 is 17.9 Å². The van der Waals surface area contributed by atoms with E-state index in [1.165, 1.54) is 18.2 Å². The van der Waals surface area contributed by atoms with Crippen molar-refractivity contribution in [1.29, 1.82) is 0 Å². The van der Waals surface area contributed by atoms with Gasteiger partial charge in [-0.3, -0.25) is 14.5 Å². The summed E-state index contributed by atoms with van der Waals surface area (Å²) < 4.78 is 14.0. The maximum absolute atomic E-state index is 14.0. The van der Waals surface area contributed by atoms with Crippen molar-refractivity contribution in [3.05, 3.63) is 29.0 Å². The molecule has 2 atom stereocenters. The zero-order valence-electron chi connectivity index (χ0n) is 11.3. The molecule has 1 aromatic rings. The van der Waals surface area contributed by atoms with E-state index in [1.807, 2.05) is 6.92 Å². The number of halogens is 2. The summed E-state index contributed by atoms with van der Waals surface area (Å²) in [5.41, 5.74) is -0.0254. The molecule has 0 aliphatic carbocycles. The normalized spacial score (nSPS) is 22.9. The van der Waals surface area contributed by atoms with Crippen LogP contribution in [0.5, 0.6) is 0 Å². The van der Waals surface area contributed by atoms with Crippen molar-refractivity contribution in [2.24, 2.45) is 0 Å². The fourth-order valence-corrected chi connectivity index (χ4v) is 2.59. The number of hydrogen-bond donors (Lipinski definition) is 1. The molecule has 0 saturated carbocycles. The highest BCUT2D eigenvalue weighted by Gasteiger charge is 2.40. The summed E-state index contributed by atoms with van der Waals surface area (Å²) in [5.74, 6) is -1.24. The first-order valence-corrected chi connectivity index (χ1v) is 6.92. The minimum absolute atomic E-state index is 0.0254. The van der Waals surface area contributed by atoms with Gasteiger partial charge >= 0.3 is 0 Å². The van der Waals surface area contributed by atoms with Gasteiger partial charge in [0.25, 0.3) is 0 Å². The van der Waals surface area contributed by atoms with Crippen LogP contribution in [0.15, 0.2) is 18.2 Å². The summed E-state index contributed by atoms with van der Waals surface area (Å²) in [6, 6.07) is 2.78. The number of nitrogens with one attached hydrogen (secondary N) is 1. The second kappa shape index (κ2) is 5.79. The Morgan fingerprint density at radius 1 is 1.40 bits per heavy atom. The van der Waals surface area contributed by atoms with E-state index in [0.29, 0.717) is 6.42 Å². The number of carbonyl (C=O) groups excluding carboxylic acids is 2. The van der Waals surface area contributed by atoms with Crippen molar-refractivity contribution >= 4 is 29.1 Å². The maximum atomic E-state index is 14.0. The van der Waals surface area contributed by atoms with E-state index in [-0.39, 0.29) is 22.5 Å². The standard InChI is InChI=1S/C14H16ClFN2O2/c1-3-5-11-14(20)18(8(2)13(19)17-11)12-9(15)6-4-7-10(12)16/h4,6-8,11H,3,5H2,1-2H3,(H,17,19). The predicted octanol–water partition coefficient (Wildman–Crippen LogP) is 2.50. The molecule has 2 amide bonds. The minimum Gasteiger partial charge on any atom is -0.342 e. The minimum atomic E-state index is -0.787. The number of nitrogens with zero attached hydrogens (tertiary/aromatic N) is 1. The third-order valence-corrected chi connectivity index (χ3v) is 3.68. The van der Waals surface area contributed by atoms with Crippen molar-refractivity contribution in [1.82, 2.24) is 5.32 Å². The second-order valence-electron chi connectivity index (χ2n) is 4.80. The number of benzene rings is 1. The van der Waals surface area contributed by atoms with E-state index in [2.05, 4.69) is 5.32 Å². The first-order valence-electron chi connectivity index (χ1n) is 6.54. The molecule has 0 bridgehead atoms. The molecule has 1 saturated heterocycles. The van der Waals surface area contributed by atoms with Crippen LogP contribution in [-0.2, 0) is 9.59 Å². The van der Waals surface area contributed by atoms with Crippen LogP contribution < -0.4 is 10.2 Å². The van der Waals surface area contributed by atoms with Crippen LogP contribution in [0.1, 0.15) is 26.7 Å². The van der Waals surface area contributed by atoms with Gasteiger partial charge in [0.2, 0.25) is 11.8 Å². The van der Waals surface area contributed by atoms with Gasteiger partial charge in [-0.25, -0.2) is 4.39 Å². The zero-order valence-corrected chi connectivity index (χ0v) is 12.1. The Morgan fingerprint density at radius 3 is 2.70 bits per heavy atom. The molecule has 1 fully saturated rings. The second-order valence-corrected chi connectivity index (χ2v) is 5.21. The van der Waals surface area contributed by atoms with Gasteiger partial charge in [0, 0.05) is 0 Å². The molecule has 2 unspecified atom stereocenters. The maximum Gasteiger partial charge on any atom is 0.250 e. The lowest BCUT2D eigenvalue weighted by molar-refractivity contribution is -0.133. The molecule has 0 aromatic heterocycles. The Hall–Kier alpha value is -1.62. The summed E-state index contributed by atoms with van der Waals surface area (Å²) in [4.78, 5) is 25.6. The van der Waals surface area contributed by atoms with E-state index in [1.54, 1.807) is 6.92 Å². The molecule has 6 heteroatoms. The van der Waals surface area contributed by atoms with Gasteiger partial charge in [-0.2, -0.15) is 0 Å². The molecular formula is C14H16ClFN2O2. The summed E-state index contributed by atoms with van der Waals surface area (Å²) in [6.45, 7) is 3.47. The van der Waals surface area contributed by atoms with Crippen molar-refractivity contribution in [2.45, 2.75) is 38.8 Å². The van der Waals surface area contributed by atoms with Gasteiger partial charge in [0.05, 0.1) is 10.7 Å². The Balaban J connectivity index is 2.46. The van der Waals surface area contributed by atoms with Gasteiger partial charge in [-0.05, 0) is 25.5 Å². The molecule has 20 heavy (non-hydrogen) atoms. The Morgan fingerprint density at radius 2 is 2.10 bits per heavy atom. The zero-order chi connectivity index (χ0) is 14.9. The van der Waals surface area contributed by atoms with Crippen molar-refractivity contribution in [3.8, 4) is 0 Å². The van der Waals surface area contributed by atoms with E-state index in [4.69, 9.17) is 11.6 Å². The van der Waals surface area contributed by atoms with Crippen LogP contribution in [0.4, 0.5) is 10.1 Å². The Bertz CT molecular complexity index is 530. The van der Waals surface area contributed by atoms with Crippen LogP contribution in [0.3, 0.4) is 0 Å². The fraction of sp³-hybridized carbons (Fsp3) is 0.429. The number of hydrogen-bond acceptors (Lipinski definition) is 2. The fourth-order valence-electron chi connectivity index (χ4n) is 2.34. The van der Waals surface area contributed by atoms with Crippen molar-refractivity contribution in [3.63, 3.8) is 0 Å². The molecule has 1 aromatic carbocycles. The number of amides is 2.